The van der Waals surface area contributed by atoms with Gasteiger partial charge in [-0.05, 0) is 31.2 Å². The van der Waals surface area contributed by atoms with Gasteiger partial charge < -0.3 is 10.4 Å². The molecule has 2 atom stereocenters. The summed E-state index contributed by atoms with van der Waals surface area (Å²) in [7, 11) is 0. The number of aliphatic carboxylic acids is 1. The lowest BCUT2D eigenvalue weighted by atomic mass is 9.76. The Kier molecular flexibility index (Phi) is 3.62. The Labute approximate surface area is 91.2 Å². The third kappa shape index (κ3) is 2.71. The lowest BCUT2D eigenvalue weighted by molar-refractivity contribution is -0.140. The van der Waals surface area contributed by atoms with E-state index in [2.05, 4.69) is 5.32 Å². The molecule has 3 heteroatoms. The Hall–Kier alpha value is -0.570. The summed E-state index contributed by atoms with van der Waals surface area (Å²) in [6.07, 6.45) is 8.81. The van der Waals surface area contributed by atoms with Gasteiger partial charge in [0.1, 0.15) is 6.04 Å². The van der Waals surface area contributed by atoms with Crippen LogP contribution >= 0.6 is 0 Å². The van der Waals surface area contributed by atoms with Crippen LogP contribution in [-0.4, -0.2) is 23.7 Å². The molecule has 0 amide bonds. The molecule has 1 heterocycles. The number of carboxylic acid groups (broad SMARTS) is 1. The number of hydrogen-bond acceptors (Lipinski definition) is 2. The molecule has 2 fully saturated rings. The molecule has 0 aromatic heterocycles. The Bertz CT molecular complexity index is 216. The molecule has 0 bridgehead atoms. The highest BCUT2D eigenvalue weighted by molar-refractivity contribution is 5.73. The summed E-state index contributed by atoms with van der Waals surface area (Å²) in [6.45, 7) is 0.918. The van der Waals surface area contributed by atoms with Gasteiger partial charge in [-0.3, -0.25) is 4.79 Å². The minimum atomic E-state index is -0.683. The van der Waals surface area contributed by atoms with E-state index >= 15 is 0 Å². The van der Waals surface area contributed by atoms with E-state index in [-0.39, 0.29) is 6.04 Å². The maximum Gasteiger partial charge on any atom is 0.320 e. The van der Waals surface area contributed by atoms with Gasteiger partial charge in [-0.15, -0.1) is 0 Å². The van der Waals surface area contributed by atoms with E-state index in [0.717, 1.165) is 31.2 Å². The van der Waals surface area contributed by atoms with Crippen LogP contribution in [0.2, 0.25) is 0 Å². The molecular weight excluding hydrogens is 190 g/mol. The molecule has 0 radical (unpaired) electrons. The van der Waals surface area contributed by atoms with Crippen LogP contribution in [0.5, 0.6) is 0 Å². The fraction of sp³-hybridized carbons (Fsp3) is 0.917. The van der Waals surface area contributed by atoms with Gasteiger partial charge in [-0.1, -0.05) is 32.1 Å². The number of nitrogens with one attached hydrogen (secondary N) is 1. The summed E-state index contributed by atoms with van der Waals surface area (Å²) < 4.78 is 0. The van der Waals surface area contributed by atoms with Crippen LogP contribution in [0.3, 0.4) is 0 Å². The first-order valence-electron chi connectivity index (χ1n) is 6.23. The number of hydrogen-bond donors (Lipinski definition) is 2. The molecule has 1 aliphatic carbocycles. The van der Waals surface area contributed by atoms with Crippen LogP contribution in [0.4, 0.5) is 0 Å². The SMILES string of the molecule is O=C(O)C1CCC(C2CCCCC2)CN1. The van der Waals surface area contributed by atoms with Crippen LogP contribution in [0.15, 0.2) is 0 Å². The molecule has 1 saturated heterocycles. The standard InChI is InChI=1S/C12H21NO2/c14-12(15)11-7-6-10(8-13-11)9-4-2-1-3-5-9/h9-11,13H,1-8H2,(H,14,15). The van der Waals surface area contributed by atoms with Crippen molar-refractivity contribution in [2.75, 3.05) is 6.54 Å². The second-order valence-electron chi connectivity index (χ2n) is 5.03. The number of carbonyl (C=O) groups is 1. The van der Waals surface area contributed by atoms with Crippen molar-refractivity contribution in [1.82, 2.24) is 5.32 Å². The fourth-order valence-electron chi connectivity index (χ4n) is 3.10. The molecule has 2 unspecified atom stereocenters. The van der Waals surface area contributed by atoms with Crippen LogP contribution in [0.1, 0.15) is 44.9 Å². The molecule has 3 nitrogen and oxygen atoms in total. The van der Waals surface area contributed by atoms with E-state index in [4.69, 9.17) is 5.11 Å². The molecule has 1 aliphatic heterocycles. The minimum absolute atomic E-state index is 0.287. The van der Waals surface area contributed by atoms with Gasteiger partial charge in [0, 0.05) is 0 Å². The van der Waals surface area contributed by atoms with E-state index < -0.39 is 5.97 Å². The van der Waals surface area contributed by atoms with E-state index in [1.165, 1.54) is 32.1 Å². The Morgan fingerprint density at radius 1 is 1.00 bits per heavy atom. The summed E-state index contributed by atoms with van der Waals surface area (Å²) in [5.41, 5.74) is 0. The molecule has 1 saturated carbocycles. The van der Waals surface area contributed by atoms with Crippen molar-refractivity contribution in [3.8, 4) is 0 Å². The van der Waals surface area contributed by atoms with Crippen molar-refractivity contribution in [3.05, 3.63) is 0 Å². The van der Waals surface area contributed by atoms with Crippen molar-refractivity contribution in [2.45, 2.75) is 51.0 Å². The molecule has 2 rings (SSSR count). The van der Waals surface area contributed by atoms with Crippen molar-refractivity contribution in [3.63, 3.8) is 0 Å². The van der Waals surface area contributed by atoms with Crippen molar-refractivity contribution >= 4 is 5.97 Å². The van der Waals surface area contributed by atoms with Gasteiger partial charge in [0.15, 0.2) is 0 Å². The lowest BCUT2D eigenvalue weighted by Gasteiger charge is -2.35. The Morgan fingerprint density at radius 2 is 1.73 bits per heavy atom. The number of rotatable bonds is 2. The average Bonchev–Trinajstić information content (AvgIpc) is 2.30. The molecule has 0 spiro atoms. The fourth-order valence-corrected chi connectivity index (χ4v) is 3.10. The Balaban J connectivity index is 1.79. The molecule has 2 N–H and O–H groups in total. The first-order valence-corrected chi connectivity index (χ1v) is 6.23. The number of carboxylic acids is 1. The lowest BCUT2D eigenvalue weighted by Crippen LogP contribution is -2.45. The van der Waals surface area contributed by atoms with E-state index in [1.807, 2.05) is 0 Å². The zero-order valence-corrected chi connectivity index (χ0v) is 9.24. The third-order valence-electron chi connectivity index (χ3n) is 4.07. The predicted molar refractivity (Wildman–Crippen MR) is 58.7 cm³/mol. The van der Waals surface area contributed by atoms with Crippen LogP contribution in [-0.2, 0) is 4.79 Å². The highest BCUT2D eigenvalue weighted by atomic mass is 16.4. The summed E-state index contributed by atoms with van der Waals surface area (Å²) in [4.78, 5) is 10.8. The first kappa shape index (κ1) is 10.9. The van der Waals surface area contributed by atoms with Gasteiger partial charge in [-0.25, -0.2) is 0 Å². The van der Waals surface area contributed by atoms with E-state index in [0.29, 0.717) is 0 Å². The van der Waals surface area contributed by atoms with Crippen molar-refractivity contribution in [1.29, 1.82) is 0 Å². The topological polar surface area (TPSA) is 49.3 Å². The van der Waals surface area contributed by atoms with Gasteiger partial charge >= 0.3 is 5.97 Å². The molecule has 86 valence electrons. The van der Waals surface area contributed by atoms with Gasteiger partial charge in [0.2, 0.25) is 0 Å². The number of piperidine rings is 1. The highest BCUT2D eigenvalue weighted by Gasteiger charge is 2.30. The quantitative estimate of drug-likeness (QED) is 0.734. The molecule has 0 aromatic rings. The maximum absolute atomic E-state index is 10.8. The second kappa shape index (κ2) is 4.97. The maximum atomic E-state index is 10.8. The molecule has 0 aromatic carbocycles. The van der Waals surface area contributed by atoms with Gasteiger partial charge in [-0.2, -0.15) is 0 Å². The summed E-state index contributed by atoms with van der Waals surface area (Å²) >= 11 is 0. The summed E-state index contributed by atoms with van der Waals surface area (Å²) in [6, 6.07) is -0.287. The third-order valence-corrected chi connectivity index (χ3v) is 4.07. The average molecular weight is 211 g/mol. The highest BCUT2D eigenvalue weighted by Crippen LogP contribution is 2.33. The second-order valence-corrected chi connectivity index (χ2v) is 5.03. The molecule has 15 heavy (non-hydrogen) atoms. The van der Waals surface area contributed by atoms with Gasteiger partial charge in [0.05, 0.1) is 0 Å². The van der Waals surface area contributed by atoms with E-state index in [9.17, 15) is 4.79 Å². The van der Waals surface area contributed by atoms with E-state index in [1.54, 1.807) is 0 Å². The largest absolute Gasteiger partial charge is 0.480 e. The predicted octanol–water partition coefficient (Wildman–Crippen LogP) is 2.02. The molecular formula is C12H21NO2. The van der Waals surface area contributed by atoms with Crippen LogP contribution in [0.25, 0.3) is 0 Å². The van der Waals surface area contributed by atoms with Crippen LogP contribution in [0, 0.1) is 11.8 Å². The van der Waals surface area contributed by atoms with Gasteiger partial charge in [0.25, 0.3) is 0 Å². The smallest absolute Gasteiger partial charge is 0.320 e. The zero-order chi connectivity index (χ0) is 10.7. The van der Waals surface area contributed by atoms with Crippen molar-refractivity contribution < 1.29 is 9.90 Å². The Morgan fingerprint density at radius 3 is 2.27 bits per heavy atom. The summed E-state index contributed by atoms with van der Waals surface area (Å²) in [5.74, 6) is 0.916. The minimum Gasteiger partial charge on any atom is -0.480 e. The monoisotopic (exact) mass is 211 g/mol. The molecule has 2 aliphatic rings. The first-order chi connectivity index (χ1) is 7.27. The zero-order valence-electron chi connectivity index (χ0n) is 9.24. The van der Waals surface area contributed by atoms with Crippen LogP contribution < -0.4 is 5.32 Å². The van der Waals surface area contributed by atoms with Crippen molar-refractivity contribution in [2.24, 2.45) is 11.8 Å². The summed E-state index contributed by atoms with van der Waals surface area (Å²) in [5, 5.41) is 12.0. The normalized spacial score (nSPS) is 33.9.